The summed E-state index contributed by atoms with van der Waals surface area (Å²) in [5, 5.41) is 0.583. The quantitative estimate of drug-likeness (QED) is 0.848. The van der Waals surface area contributed by atoms with E-state index in [4.69, 9.17) is 16.3 Å². The summed E-state index contributed by atoms with van der Waals surface area (Å²) in [7, 11) is 0. The van der Waals surface area contributed by atoms with Crippen LogP contribution in [0, 0.1) is 5.92 Å². The number of carbonyl (C=O) groups is 1. The summed E-state index contributed by atoms with van der Waals surface area (Å²) in [5.74, 6) is 0.818. The number of hydrogen-bond acceptors (Lipinski definition) is 3. The van der Waals surface area contributed by atoms with E-state index in [1.54, 1.807) is 18.2 Å². The molecule has 104 valence electrons. The Morgan fingerprint density at radius 3 is 2.79 bits per heavy atom. The average Bonchev–Trinajstić information content (AvgIpc) is 2.57. The summed E-state index contributed by atoms with van der Waals surface area (Å²) in [6.45, 7) is 7.54. The van der Waals surface area contributed by atoms with Crippen LogP contribution in [-0.4, -0.2) is 36.9 Å². The number of nitrogens with zero attached hydrogens (tertiary/aromatic N) is 1. The van der Waals surface area contributed by atoms with Crippen LogP contribution in [0.15, 0.2) is 18.2 Å². The average molecular weight is 282 g/mol. The minimum Gasteiger partial charge on any atom is -0.493 e. The van der Waals surface area contributed by atoms with Gasteiger partial charge in [-0.2, -0.15) is 0 Å². The van der Waals surface area contributed by atoms with Crippen LogP contribution in [0.5, 0.6) is 5.75 Å². The lowest BCUT2D eigenvalue weighted by molar-refractivity contribution is 0.0877. The highest BCUT2D eigenvalue weighted by Gasteiger charge is 2.27. The van der Waals surface area contributed by atoms with E-state index < -0.39 is 0 Å². The summed E-state index contributed by atoms with van der Waals surface area (Å²) >= 11 is 5.99. The van der Waals surface area contributed by atoms with Gasteiger partial charge in [0.1, 0.15) is 5.75 Å². The highest BCUT2D eigenvalue weighted by Crippen LogP contribution is 2.29. The first-order chi connectivity index (χ1) is 9.15. The standard InChI is InChI=1S/C15H20ClNO2/c1-3-17(4-2)10-11-7-8-19-14-6-5-12(16)9-13(14)15(11)18/h5-6,9,11H,3-4,7-8,10H2,1-2H3. The zero-order valence-corrected chi connectivity index (χ0v) is 12.2. The zero-order valence-electron chi connectivity index (χ0n) is 11.5. The maximum absolute atomic E-state index is 12.6. The van der Waals surface area contributed by atoms with Crippen LogP contribution in [0.2, 0.25) is 5.02 Å². The topological polar surface area (TPSA) is 29.5 Å². The molecule has 0 N–H and O–H groups in total. The van der Waals surface area contributed by atoms with E-state index in [9.17, 15) is 4.79 Å². The van der Waals surface area contributed by atoms with Crippen molar-refractivity contribution >= 4 is 17.4 Å². The molecule has 1 aromatic rings. The molecular weight excluding hydrogens is 262 g/mol. The van der Waals surface area contributed by atoms with Gasteiger partial charge in [-0.25, -0.2) is 0 Å². The summed E-state index contributed by atoms with van der Waals surface area (Å²) in [4.78, 5) is 14.9. The van der Waals surface area contributed by atoms with Crippen LogP contribution < -0.4 is 4.74 Å². The summed E-state index contributed by atoms with van der Waals surface area (Å²) < 4.78 is 5.65. The van der Waals surface area contributed by atoms with Crippen LogP contribution >= 0.6 is 11.6 Å². The second-order valence-electron chi connectivity index (χ2n) is 4.82. The van der Waals surface area contributed by atoms with Gasteiger partial charge in [0.05, 0.1) is 12.2 Å². The van der Waals surface area contributed by atoms with Crippen molar-refractivity contribution in [2.24, 2.45) is 5.92 Å². The van der Waals surface area contributed by atoms with E-state index in [1.807, 2.05) is 0 Å². The molecule has 0 saturated carbocycles. The second-order valence-corrected chi connectivity index (χ2v) is 5.26. The minimum atomic E-state index is -0.000355. The maximum atomic E-state index is 12.6. The molecule has 1 heterocycles. The molecule has 0 fully saturated rings. The van der Waals surface area contributed by atoms with E-state index in [2.05, 4.69) is 18.7 Å². The molecule has 4 heteroatoms. The van der Waals surface area contributed by atoms with Crippen LogP contribution in [0.3, 0.4) is 0 Å². The number of benzene rings is 1. The fraction of sp³-hybridized carbons (Fsp3) is 0.533. The highest BCUT2D eigenvalue weighted by molar-refractivity contribution is 6.31. The molecule has 2 rings (SSSR count). The molecule has 0 spiro atoms. The van der Waals surface area contributed by atoms with Gasteiger partial charge in [-0.05, 0) is 37.7 Å². The molecule has 0 bridgehead atoms. The predicted molar refractivity (Wildman–Crippen MR) is 77.2 cm³/mol. The van der Waals surface area contributed by atoms with Crippen molar-refractivity contribution in [2.45, 2.75) is 20.3 Å². The number of fused-ring (bicyclic) bond motifs is 1. The zero-order chi connectivity index (χ0) is 13.8. The molecule has 3 nitrogen and oxygen atoms in total. The van der Waals surface area contributed by atoms with E-state index in [0.29, 0.717) is 22.9 Å². The molecule has 1 unspecified atom stereocenters. The fourth-order valence-electron chi connectivity index (χ4n) is 2.45. The first-order valence-corrected chi connectivity index (χ1v) is 7.22. The summed E-state index contributed by atoms with van der Waals surface area (Å²) in [6.07, 6.45) is 0.766. The third-order valence-electron chi connectivity index (χ3n) is 3.67. The van der Waals surface area contributed by atoms with Crippen molar-refractivity contribution in [3.8, 4) is 5.75 Å². The van der Waals surface area contributed by atoms with Crippen LogP contribution in [0.1, 0.15) is 30.6 Å². The van der Waals surface area contributed by atoms with Crippen molar-refractivity contribution in [3.63, 3.8) is 0 Å². The molecule has 19 heavy (non-hydrogen) atoms. The van der Waals surface area contributed by atoms with Crippen LogP contribution in [0.25, 0.3) is 0 Å². The lowest BCUT2D eigenvalue weighted by atomic mass is 9.94. The van der Waals surface area contributed by atoms with Gasteiger partial charge in [0.15, 0.2) is 5.78 Å². The second kappa shape index (κ2) is 6.40. The Morgan fingerprint density at radius 2 is 2.11 bits per heavy atom. The molecule has 0 aromatic heterocycles. The van der Waals surface area contributed by atoms with Gasteiger partial charge in [0.25, 0.3) is 0 Å². The number of Topliss-reactive ketones (excluding diaryl/α,β-unsaturated/α-hetero) is 1. The minimum absolute atomic E-state index is 0.000355. The van der Waals surface area contributed by atoms with Crippen molar-refractivity contribution < 1.29 is 9.53 Å². The SMILES string of the molecule is CCN(CC)CC1CCOc2ccc(Cl)cc2C1=O. The molecule has 0 aliphatic carbocycles. The lowest BCUT2D eigenvalue weighted by Gasteiger charge is -2.23. The number of ketones is 1. The normalized spacial score (nSPS) is 18.9. The van der Waals surface area contributed by atoms with E-state index in [1.165, 1.54) is 0 Å². The van der Waals surface area contributed by atoms with E-state index >= 15 is 0 Å². The van der Waals surface area contributed by atoms with Crippen molar-refractivity contribution in [1.29, 1.82) is 0 Å². The lowest BCUT2D eigenvalue weighted by Crippen LogP contribution is -2.33. The Morgan fingerprint density at radius 1 is 1.37 bits per heavy atom. The molecule has 1 atom stereocenters. The van der Waals surface area contributed by atoms with Crippen molar-refractivity contribution in [2.75, 3.05) is 26.2 Å². The number of halogens is 1. The third-order valence-corrected chi connectivity index (χ3v) is 3.91. The molecular formula is C15H20ClNO2. The Balaban J connectivity index is 2.22. The van der Waals surface area contributed by atoms with Gasteiger partial charge in [0, 0.05) is 17.5 Å². The Bertz CT molecular complexity index is 457. The maximum Gasteiger partial charge on any atom is 0.171 e. The largest absolute Gasteiger partial charge is 0.493 e. The Hall–Kier alpha value is -1.06. The van der Waals surface area contributed by atoms with Gasteiger partial charge in [0.2, 0.25) is 0 Å². The summed E-state index contributed by atoms with van der Waals surface area (Å²) in [5.41, 5.74) is 0.627. The molecule has 1 aliphatic rings. The Kier molecular flexibility index (Phi) is 4.83. The van der Waals surface area contributed by atoms with Gasteiger partial charge < -0.3 is 9.64 Å². The van der Waals surface area contributed by atoms with Gasteiger partial charge in [-0.15, -0.1) is 0 Å². The molecule has 0 radical (unpaired) electrons. The third kappa shape index (κ3) is 3.28. The first kappa shape index (κ1) is 14.4. The highest BCUT2D eigenvalue weighted by atomic mass is 35.5. The van der Waals surface area contributed by atoms with Gasteiger partial charge in [-0.3, -0.25) is 4.79 Å². The molecule has 1 aromatic carbocycles. The molecule has 1 aliphatic heterocycles. The van der Waals surface area contributed by atoms with Gasteiger partial charge in [-0.1, -0.05) is 25.4 Å². The van der Waals surface area contributed by atoms with Crippen molar-refractivity contribution in [1.82, 2.24) is 4.90 Å². The monoisotopic (exact) mass is 281 g/mol. The van der Waals surface area contributed by atoms with Gasteiger partial charge >= 0.3 is 0 Å². The van der Waals surface area contributed by atoms with Crippen molar-refractivity contribution in [3.05, 3.63) is 28.8 Å². The van der Waals surface area contributed by atoms with Crippen LogP contribution in [-0.2, 0) is 0 Å². The summed E-state index contributed by atoms with van der Waals surface area (Å²) in [6, 6.07) is 5.27. The number of rotatable bonds is 4. The molecule has 0 amide bonds. The Labute approximate surface area is 119 Å². The smallest absolute Gasteiger partial charge is 0.171 e. The molecule has 0 saturated heterocycles. The fourth-order valence-corrected chi connectivity index (χ4v) is 2.62. The first-order valence-electron chi connectivity index (χ1n) is 6.84. The van der Waals surface area contributed by atoms with E-state index in [0.717, 1.165) is 26.1 Å². The predicted octanol–water partition coefficient (Wildman–Crippen LogP) is 3.26. The number of hydrogen-bond donors (Lipinski definition) is 0. The van der Waals surface area contributed by atoms with Crippen LogP contribution in [0.4, 0.5) is 0 Å². The number of carbonyl (C=O) groups excluding carboxylic acids is 1. The van der Waals surface area contributed by atoms with E-state index in [-0.39, 0.29) is 11.7 Å². The number of ether oxygens (including phenoxy) is 1.